The monoisotopic (exact) mass is 339 g/mol. The van der Waals surface area contributed by atoms with Crippen LogP contribution in [0.4, 0.5) is 0 Å². The normalized spacial score (nSPS) is 13.8. The van der Waals surface area contributed by atoms with Gasteiger partial charge in [0.05, 0.1) is 13.2 Å². The first-order valence-corrected chi connectivity index (χ1v) is 6.74. The predicted octanol–water partition coefficient (Wildman–Crippen LogP) is 2.96. The van der Waals surface area contributed by atoms with Crippen LogP contribution in [0.1, 0.15) is 16.9 Å². The van der Waals surface area contributed by atoms with Crippen LogP contribution in [-0.4, -0.2) is 29.4 Å². The summed E-state index contributed by atoms with van der Waals surface area (Å²) in [4.78, 5) is 10.8. The highest BCUT2D eigenvalue weighted by Crippen LogP contribution is 2.39. The molecule has 0 amide bonds. The van der Waals surface area contributed by atoms with Gasteiger partial charge in [-0.05, 0) is 28.1 Å². The fourth-order valence-corrected chi connectivity index (χ4v) is 2.39. The summed E-state index contributed by atoms with van der Waals surface area (Å²) in [6.45, 7) is 1.18. The summed E-state index contributed by atoms with van der Waals surface area (Å²) >= 11 is 3.41. The van der Waals surface area contributed by atoms with Crippen LogP contribution in [-0.2, 0) is 0 Å². The Balaban J connectivity index is 2.04. The fourth-order valence-electron chi connectivity index (χ4n) is 1.88. The van der Waals surface area contributed by atoms with E-state index in [0.717, 1.165) is 10.9 Å². The molecular weight excluding hydrogens is 330 g/mol. The molecule has 104 valence electrons. The predicted molar refractivity (Wildman–Crippen MR) is 72.2 cm³/mol. The molecule has 6 nitrogen and oxygen atoms in total. The van der Waals surface area contributed by atoms with Crippen molar-refractivity contribution >= 4 is 21.9 Å². The Morgan fingerprint density at radius 2 is 1.90 bits per heavy atom. The number of hydrogen-bond acceptors (Lipinski definition) is 5. The lowest BCUT2D eigenvalue weighted by molar-refractivity contribution is 0.0686. The van der Waals surface area contributed by atoms with E-state index in [9.17, 15) is 4.79 Å². The minimum atomic E-state index is -1.13. The Kier molecular flexibility index (Phi) is 3.35. The van der Waals surface area contributed by atoms with Gasteiger partial charge in [0.15, 0.2) is 23.0 Å². The van der Waals surface area contributed by atoms with Gasteiger partial charge in [-0.2, -0.15) is 0 Å². The van der Waals surface area contributed by atoms with Crippen LogP contribution >= 0.6 is 15.9 Å². The second-order valence-electron chi connectivity index (χ2n) is 4.21. The first-order chi connectivity index (χ1) is 9.65. The van der Waals surface area contributed by atoms with Crippen molar-refractivity contribution in [1.82, 2.24) is 5.16 Å². The molecule has 0 saturated heterocycles. The molecule has 7 heteroatoms. The molecule has 0 aliphatic carbocycles. The van der Waals surface area contributed by atoms with Gasteiger partial charge in [-0.3, -0.25) is 0 Å². The molecule has 1 aromatic heterocycles. The second kappa shape index (κ2) is 5.16. The highest BCUT2D eigenvalue weighted by atomic mass is 79.9. The van der Waals surface area contributed by atoms with Gasteiger partial charge < -0.3 is 19.1 Å². The Labute approximate surface area is 122 Å². The number of aromatic carboxylic acids is 1. The van der Waals surface area contributed by atoms with Gasteiger partial charge in [0.25, 0.3) is 0 Å². The Morgan fingerprint density at radius 3 is 2.55 bits per heavy atom. The topological polar surface area (TPSA) is 81.8 Å². The Hall–Kier alpha value is -2.02. The van der Waals surface area contributed by atoms with Crippen molar-refractivity contribution in [1.29, 1.82) is 0 Å². The maximum absolute atomic E-state index is 10.8. The van der Waals surface area contributed by atoms with Gasteiger partial charge in [0.2, 0.25) is 0 Å². The third-order valence-corrected chi connectivity index (χ3v) is 3.49. The summed E-state index contributed by atoms with van der Waals surface area (Å²) in [7, 11) is 0. The third-order valence-electron chi connectivity index (χ3n) is 2.83. The van der Waals surface area contributed by atoms with Crippen molar-refractivity contribution in [3.8, 4) is 22.8 Å². The van der Waals surface area contributed by atoms with Gasteiger partial charge in [-0.15, -0.1) is 0 Å². The average molecular weight is 340 g/mol. The number of benzene rings is 1. The van der Waals surface area contributed by atoms with Crippen LogP contribution in [0.25, 0.3) is 11.3 Å². The number of halogens is 1. The number of carboxylic acids is 1. The van der Waals surface area contributed by atoms with Gasteiger partial charge in [0.1, 0.15) is 0 Å². The third kappa shape index (κ3) is 2.36. The summed E-state index contributed by atoms with van der Waals surface area (Å²) in [5, 5.41) is 12.4. The number of carbonyl (C=O) groups is 1. The van der Waals surface area contributed by atoms with Crippen molar-refractivity contribution in [3.05, 3.63) is 28.4 Å². The number of fused-ring (bicyclic) bond motifs is 1. The summed E-state index contributed by atoms with van der Waals surface area (Å²) in [6.07, 6.45) is 0.813. The van der Waals surface area contributed by atoms with Crippen molar-refractivity contribution in [2.75, 3.05) is 13.2 Å². The van der Waals surface area contributed by atoms with Crippen LogP contribution in [0.2, 0.25) is 0 Å². The van der Waals surface area contributed by atoms with E-state index >= 15 is 0 Å². The number of hydrogen-bond donors (Lipinski definition) is 1. The lowest BCUT2D eigenvalue weighted by atomic mass is 10.1. The molecule has 2 heterocycles. The summed E-state index contributed by atoms with van der Waals surface area (Å²) in [5.41, 5.74) is 0.522. The quantitative estimate of drug-likeness (QED) is 0.905. The van der Waals surface area contributed by atoms with E-state index in [-0.39, 0.29) is 5.69 Å². The molecule has 0 bridgehead atoms. The highest BCUT2D eigenvalue weighted by Gasteiger charge is 2.19. The molecule has 20 heavy (non-hydrogen) atoms. The average Bonchev–Trinajstić information content (AvgIpc) is 2.79. The molecule has 2 aromatic rings. The van der Waals surface area contributed by atoms with Gasteiger partial charge in [-0.1, -0.05) is 5.16 Å². The number of ether oxygens (including phenoxy) is 2. The molecule has 1 N–H and O–H groups in total. The van der Waals surface area contributed by atoms with E-state index in [0.29, 0.717) is 36.0 Å². The largest absolute Gasteiger partial charge is 0.490 e. The van der Waals surface area contributed by atoms with E-state index in [2.05, 4.69) is 21.1 Å². The smallest absolute Gasteiger partial charge is 0.358 e. The van der Waals surface area contributed by atoms with E-state index < -0.39 is 5.97 Å². The number of nitrogens with zero attached hydrogens (tertiary/aromatic N) is 1. The van der Waals surface area contributed by atoms with E-state index in [4.69, 9.17) is 19.1 Å². The molecule has 0 unspecified atom stereocenters. The molecule has 0 fully saturated rings. The van der Waals surface area contributed by atoms with Crippen LogP contribution in [0.3, 0.4) is 0 Å². The minimum absolute atomic E-state index is 0.140. The standard InChI is InChI=1S/C13H10BrNO5/c14-8-5-12-11(18-2-1-3-19-12)4-7(8)10-6-9(13(16)17)15-20-10/h4-6H,1-3H2,(H,16,17). The SMILES string of the molecule is O=C(O)c1cc(-c2cc3c(cc2Br)OCCCO3)on1. The molecule has 1 aromatic carbocycles. The maximum atomic E-state index is 10.8. The highest BCUT2D eigenvalue weighted by molar-refractivity contribution is 9.10. The van der Waals surface area contributed by atoms with E-state index in [1.165, 1.54) is 6.07 Å². The Morgan fingerprint density at radius 1 is 1.20 bits per heavy atom. The lowest BCUT2D eigenvalue weighted by Crippen LogP contribution is -1.97. The second-order valence-corrected chi connectivity index (χ2v) is 5.07. The summed E-state index contributed by atoms with van der Waals surface area (Å²) in [5.74, 6) is 0.473. The number of rotatable bonds is 2. The molecule has 1 aliphatic rings. The summed E-state index contributed by atoms with van der Waals surface area (Å²) in [6, 6.07) is 4.89. The summed E-state index contributed by atoms with van der Waals surface area (Å²) < 4.78 is 16.9. The molecular formula is C13H10BrNO5. The van der Waals surface area contributed by atoms with Gasteiger partial charge >= 0.3 is 5.97 Å². The molecule has 0 radical (unpaired) electrons. The first-order valence-electron chi connectivity index (χ1n) is 5.94. The lowest BCUT2D eigenvalue weighted by Gasteiger charge is -2.09. The molecule has 0 atom stereocenters. The molecule has 0 saturated carbocycles. The molecule has 1 aliphatic heterocycles. The van der Waals surface area contributed by atoms with Crippen molar-refractivity contribution in [2.45, 2.75) is 6.42 Å². The van der Waals surface area contributed by atoms with Gasteiger partial charge in [-0.25, -0.2) is 4.79 Å². The van der Waals surface area contributed by atoms with E-state index in [1.807, 2.05) is 0 Å². The Bertz CT molecular complexity index is 667. The van der Waals surface area contributed by atoms with Crippen molar-refractivity contribution in [2.24, 2.45) is 0 Å². The van der Waals surface area contributed by atoms with Crippen LogP contribution in [0, 0.1) is 0 Å². The molecule has 0 spiro atoms. The zero-order chi connectivity index (χ0) is 14.1. The van der Waals surface area contributed by atoms with Crippen molar-refractivity contribution in [3.63, 3.8) is 0 Å². The fraction of sp³-hybridized carbons (Fsp3) is 0.231. The first kappa shape index (κ1) is 13.0. The van der Waals surface area contributed by atoms with Crippen LogP contribution in [0.5, 0.6) is 11.5 Å². The number of aromatic nitrogens is 1. The molecule has 3 rings (SSSR count). The van der Waals surface area contributed by atoms with Crippen LogP contribution in [0.15, 0.2) is 27.2 Å². The maximum Gasteiger partial charge on any atom is 0.358 e. The minimum Gasteiger partial charge on any atom is -0.490 e. The van der Waals surface area contributed by atoms with E-state index in [1.54, 1.807) is 12.1 Å². The van der Waals surface area contributed by atoms with Gasteiger partial charge in [0, 0.05) is 22.5 Å². The van der Waals surface area contributed by atoms with Crippen molar-refractivity contribution < 1.29 is 23.9 Å². The number of carboxylic acid groups (broad SMARTS) is 1. The zero-order valence-electron chi connectivity index (χ0n) is 10.3. The van der Waals surface area contributed by atoms with Crippen LogP contribution < -0.4 is 9.47 Å². The zero-order valence-corrected chi connectivity index (χ0v) is 11.8.